The van der Waals surface area contributed by atoms with E-state index >= 15 is 0 Å². The van der Waals surface area contributed by atoms with E-state index in [4.69, 9.17) is 9.47 Å². The van der Waals surface area contributed by atoms with Crippen LogP contribution in [0.4, 0.5) is 4.39 Å². The summed E-state index contributed by atoms with van der Waals surface area (Å²) in [6.07, 6.45) is 3.25. The average molecular weight is 359 g/mol. The van der Waals surface area contributed by atoms with Crippen molar-refractivity contribution >= 4 is 0 Å². The molecule has 2 N–H and O–H groups in total. The highest BCUT2D eigenvalue weighted by Crippen LogP contribution is 2.30. The van der Waals surface area contributed by atoms with Gasteiger partial charge in [-0.3, -0.25) is 4.39 Å². The van der Waals surface area contributed by atoms with Gasteiger partial charge in [0.2, 0.25) is 0 Å². The summed E-state index contributed by atoms with van der Waals surface area (Å²) in [7, 11) is 0. The lowest BCUT2D eigenvalue weighted by Crippen LogP contribution is -2.34. The highest BCUT2D eigenvalue weighted by Gasteiger charge is 2.19. The van der Waals surface area contributed by atoms with Crippen molar-refractivity contribution in [2.45, 2.75) is 38.3 Å². The zero-order chi connectivity index (χ0) is 18.2. The molecule has 3 rings (SSSR count). The van der Waals surface area contributed by atoms with Crippen molar-refractivity contribution in [3.05, 3.63) is 53.6 Å². The van der Waals surface area contributed by atoms with Gasteiger partial charge in [-0.25, -0.2) is 0 Å². The van der Waals surface area contributed by atoms with E-state index in [9.17, 15) is 9.50 Å². The topological polar surface area (TPSA) is 50.7 Å². The second kappa shape index (κ2) is 9.43. The number of alkyl halides is 1. The molecule has 1 atom stereocenters. The minimum Gasteiger partial charge on any atom is -0.508 e. The van der Waals surface area contributed by atoms with E-state index in [-0.39, 0.29) is 18.5 Å². The number of aryl methyl sites for hydroxylation is 1. The van der Waals surface area contributed by atoms with Crippen LogP contribution in [0.5, 0.6) is 17.2 Å². The Balaban J connectivity index is 1.48. The average Bonchev–Trinajstić information content (AvgIpc) is 2.66. The summed E-state index contributed by atoms with van der Waals surface area (Å²) in [5.41, 5.74) is 2.23. The molecule has 0 saturated carbocycles. The fraction of sp³-hybridized carbons (Fsp3) is 0.429. The smallest absolute Gasteiger partial charge is 0.126 e. The molecule has 0 bridgehead atoms. The Morgan fingerprint density at radius 2 is 2.08 bits per heavy atom. The first-order valence-electron chi connectivity index (χ1n) is 9.22. The van der Waals surface area contributed by atoms with E-state index in [0.717, 1.165) is 48.4 Å². The summed E-state index contributed by atoms with van der Waals surface area (Å²) in [6, 6.07) is 13.2. The van der Waals surface area contributed by atoms with Crippen molar-refractivity contribution in [1.82, 2.24) is 5.32 Å². The zero-order valence-electron chi connectivity index (χ0n) is 14.9. The molecule has 1 aliphatic heterocycles. The third-order valence-electron chi connectivity index (χ3n) is 4.53. The number of phenols is 1. The Labute approximate surface area is 154 Å². The van der Waals surface area contributed by atoms with Crippen LogP contribution in [0.2, 0.25) is 0 Å². The first-order valence-corrected chi connectivity index (χ1v) is 9.22. The standard InChI is InChI=1S/C21H26FNO3/c22-11-3-4-12-25-20-6-2-1-5-17(20)14-23-15-19-10-8-16-7-9-18(24)13-21(16)26-19/h1-2,5-7,9,13,19,23-24H,3-4,8,10-12,14-15H2/t19-/m1/s1. The molecule has 2 aromatic carbocycles. The number of phenolic OH excluding ortho intramolecular Hbond substituents is 1. The molecule has 0 amide bonds. The molecule has 26 heavy (non-hydrogen) atoms. The summed E-state index contributed by atoms with van der Waals surface area (Å²) in [4.78, 5) is 0. The second-order valence-corrected chi connectivity index (χ2v) is 6.55. The van der Waals surface area contributed by atoms with E-state index < -0.39 is 0 Å². The number of rotatable bonds is 9. The van der Waals surface area contributed by atoms with Crippen LogP contribution in [-0.2, 0) is 13.0 Å². The van der Waals surface area contributed by atoms with Gasteiger partial charge in [0.1, 0.15) is 23.4 Å². The minimum absolute atomic E-state index is 0.0851. The number of ether oxygens (including phenoxy) is 2. The van der Waals surface area contributed by atoms with E-state index in [1.807, 2.05) is 30.3 Å². The minimum atomic E-state index is -0.297. The number of benzene rings is 2. The molecule has 1 heterocycles. The first-order chi connectivity index (χ1) is 12.8. The zero-order valence-corrected chi connectivity index (χ0v) is 14.9. The predicted octanol–water partition coefficient (Wildman–Crippen LogP) is 4.00. The number of hydrogen-bond acceptors (Lipinski definition) is 4. The molecule has 5 heteroatoms. The molecule has 140 valence electrons. The number of nitrogens with one attached hydrogen (secondary N) is 1. The third kappa shape index (κ3) is 5.11. The van der Waals surface area contributed by atoms with E-state index in [2.05, 4.69) is 5.32 Å². The molecule has 1 aliphatic rings. The highest BCUT2D eigenvalue weighted by atomic mass is 19.1. The Hall–Kier alpha value is -2.27. The second-order valence-electron chi connectivity index (χ2n) is 6.55. The number of halogens is 1. The summed E-state index contributed by atoms with van der Waals surface area (Å²) in [5, 5.41) is 13.0. The van der Waals surface area contributed by atoms with Gasteiger partial charge in [0.25, 0.3) is 0 Å². The molecular formula is C21H26FNO3. The molecule has 0 fully saturated rings. The molecule has 4 nitrogen and oxygen atoms in total. The van der Waals surface area contributed by atoms with Crippen molar-refractivity contribution in [3.63, 3.8) is 0 Å². The molecule has 0 saturated heterocycles. The third-order valence-corrected chi connectivity index (χ3v) is 4.53. The van der Waals surface area contributed by atoms with Crippen LogP contribution in [0.1, 0.15) is 30.4 Å². The summed E-state index contributed by atoms with van der Waals surface area (Å²) >= 11 is 0. The summed E-state index contributed by atoms with van der Waals surface area (Å²) in [5.74, 6) is 1.86. The molecule has 0 radical (unpaired) electrons. The van der Waals surface area contributed by atoms with Crippen LogP contribution in [0.3, 0.4) is 0 Å². The molecule has 2 aromatic rings. The quantitative estimate of drug-likeness (QED) is 0.665. The molecule has 0 aliphatic carbocycles. The van der Waals surface area contributed by atoms with Gasteiger partial charge < -0.3 is 19.9 Å². The highest BCUT2D eigenvalue weighted by molar-refractivity contribution is 5.41. The fourth-order valence-electron chi connectivity index (χ4n) is 3.10. The van der Waals surface area contributed by atoms with Gasteiger partial charge in [-0.1, -0.05) is 24.3 Å². The van der Waals surface area contributed by atoms with Gasteiger partial charge in [0.05, 0.1) is 13.3 Å². The SMILES string of the molecule is Oc1ccc2c(c1)O[C@@H](CNCc1ccccc1OCCCCF)CC2. The number of fused-ring (bicyclic) bond motifs is 1. The predicted molar refractivity (Wildman–Crippen MR) is 99.7 cm³/mol. The Kier molecular flexibility index (Phi) is 6.72. The molecule has 0 unspecified atom stereocenters. The fourth-order valence-corrected chi connectivity index (χ4v) is 3.10. The Bertz CT molecular complexity index is 707. The number of unbranched alkanes of at least 4 members (excludes halogenated alkanes) is 1. The van der Waals surface area contributed by atoms with Gasteiger partial charge in [-0.05, 0) is 43.4 Å². The lowest BCUT2D eigenvalue weighted by atomic mass is 10.0. The van der Waals surface area contributed by atoms with Crippen molar-refractivity contribution in [3.8, 4) is 17.2 Å². The normalized spacial score (nSPS) is 16.0. The first kappa shape index (κ1) is 18.5. The van der Waals surface area contributed by atoms with Crippen LogP contribution in [-0.4, -0.2) is 31.0 Å². The van der Waals surface area contributed by atoms with Crippen LogP contribution < -0.4 is 14.8 Å². The van der Waals surface area contributed by atoms with Gasteiger partial charge in [0.15, 0.2) is 0 Å². The number of hydrogen-bond donors (Lipinski definition) is 2. The number of para-hydroxylation sites is 1. The van der Waals surface area contributed by atoms with E-state index in [1.54, 1.807) is 12.1 Å². The van der Waals surface area contributed by atoms with Crippen LogP contribution in [0.25, 0.3) is 0 Å². The van der Waals surface area contributed by atoms with Gasteiger partial charge >= 0.3 is 0 Å². The van der Waals surface area contributed by atoms with Crippen molar-refractivity contribution in [2.24, 2.45) is 0 Å². The summed E-state index contributed by atoms with van der Waals surface area (Å²) in [6.45, 7) is 1.65. The van der Waals surface area contributed by atoms with Crippen molar-refractivity contribution < 1.29 is 19.0 Å². The maximum absolute atomic E-state index is 12.2. The summed E-state index contributed by atoms with van der Waals surface area (Å²) < 4.78 is 23.9. The van der Waals surface area contributed by atoms with Crippen molar-refractivity contribution in [1.29, 1.82) is 0 Å². The van der Waals surface area contributed by atoms with Crippen LogP contribution in [0, 0.1) is 0 Å². The Morgan fingerprint density at radius 1 is 1.19 bits per heavy atom. The molecular weight excluding hydrogens is 333 g/mol. The van der Waals surface area contributed by atoms with Crippen LogP contribution in [0.15, 0.2) is 42.5 Å². The maximum Gasteiger partial charge on any atom is 0.126 e. The number of aromatic hydroxyl groups is 1. The largest absolute Gasteiger partial charge is 0.508 e. The van der Waals surface area contributed by atoms with E-state index in [0.29, 0.717) is 19.6 Å². The van der Waals surface area contributed by atoms with E-state index in [1.165, 1.54) is 0 Å². The van der Waals surface area contributed by atoms with Crippen LogP contribution >= 0.6 is 0 Å². The Morgan fingerprint density at radius 3 is 2.96 bits per heavy atom. The maximum atomic E-state index is 12.2. The monoisotopic (exact) mass is 359 g/mol. The van der Waals surface area contributed by atoms with Gasteiger partial charge in [-0.2, -0.15) is 0 Å². The van der Waals surface area contributed by atoms with Gasteiger partial charge in [0, 0.05) is 24.7 Å². The molecule has 0 aromatic heterocycles. The lowest BCUT2D eigenvalue weighted by Gasteiger charge is -2.26. The van der Waals surface area contributed by atoms with Crippen molar-refractivity contribution in [2.75, 3.05) is 19.8 Å². The van der Waals surface area contributed by atoms with Gasteiger partial charge in [-0.15, -0.1) is 0 Å². The lowest BCUT2D eigenvalue weighted by molar-refractivity contribution is 0.169. The molecule has 0 spiro atoms.